The maximum absolute atomic E-state index is 13.0. The van der Waals surface area contributed by atoms with E-state index in [2.05, 4.69) is 9.68 Å². The molecule has 1 N–H and O–H groups in total. The molecule has 106 valence electrons. The van der Waals surface area contributed by atoms with Crippen molar-refractivity contribution >= 4 is 5.97 Å². The monoisotopic (exact) mass is 285 g/mol. The molecule has 1 heterocycles. The third kappa shape index (κ3) is 2.52. The van der Waals surface area contributed by atoms with Gasteiger partial charge in [-0.2, -0.15) is 13.2 Å². The van der Waals surface area contributed by atoms with Gasteiger partial charge in [0.05, 0.1) is 0 Å². The molecular formula is C13H10F3NO3. The van der Waals surface area contributed by atoms with Crippen molar-refractivity contribution in [1.29, 1.82) is 0 Å². The highest BCUT2D eigenvalue weighted by molar-refractivity contribution is 5.88. The molecule has 2 aromatic rings. The van der Waals surface area contributed by atoms with Crippen LogP contribution in [0.25, 0.3) is 11.3 Å². The highest BCUT2D eigenvalue weighted by Gasteiger charge is 2.42. The third-order valence-corrected chi connectivity index (χ3v) is 2.81. The fraction of sp³-hybridized carbons (Fsp3) is 0.231. The second-order valence-electron chi connectivity index (χ2n) is 4.09. The van der Waals surface area contributed by atoms with Crippen LogP contribution in [0.5, 0.6) is 0 Å². The second kappa shape index (κ2) is 4.99. The van der Waals surface area contributed by atoms with E-state index in [-0.39, 0.29) is 5.56 Å². The molecule has 0 spiro atoms. The average Bonchev–Trinajstić information content (AvgIpc) is 2.83. The molecule has 1 aromatic carbocycles. The summed E-state index contributed by atoms with van der Waals surface area (Å²) in [5.74, 6) is -3.01. The Morgan fingerprint density at radius 2 is 1.90 bits per heavy atom. The lowest BCUT2D eigenvalue weighted by atomic mass is 10.0. The summed E-state index contributed by atoms with van der Waals surface area (Å²) in [6.45, 7) is 1.91. The number of hydrogen-bond donors (Lipinski definition) is 1. The molecule has 2 rings (SSSR count). The summed E-state index contributed by atoms with van der Waals surface area (Å²) in [5.41, 5.74) is -0.776. The number of halogens is 3. The zero-order chi connectivity index (χ0) is 14.9. The minimum atomic E-state index is -4.85. The molecule has 7 heteroatoms. The van der Waals surface area contributed by atoms with E-state index in [4.69, 9.17) is 5.11 Å². The van der Waals surface area contributed by atoms with E-state index >= 15 is 0 Å². The first-order valence-electron chi connectivity index (χ1n) is 5.74. The van der Waals surface area contributed by atoms with Crippen molar-refractivity contribution in [3.63, 3.8) is 0 Å². The molecule has 0 saturated heterocycles. The van der Waals surface area contributed by atoms with Crippen LogP contribution < -0.4 is 0 Å². The third-order valence-electron chi connectivity index (χ3n) is 2.81. The van der Waals surface area contributed by atoms with E-state index in [9.17, 15) is 18.0 Å². The normalized spacial score (nSPS) is 11.6. The molecule has 0 aliphatic heterocycles. The van der Waals surface area contributed by atoms with Crippen LogP contribution in [-0.2, 0) is 12.6 Å². The molecule has 1 aromatic heterocycles. The molecule has 0 unspecified atom stereocenters. The molecular weight excluding hydrogens is 275 g/mol. The van der Waals surface area contributed by atoms with E-state index in [1.807, 2.05) is 6.92 Å². The number of carboxylic acid groups (broad SMARTS) is 1. The molecule has 0 amide bonds. The predicted octanol–water partition coefficient (Wildman–Crippen LogP) is 3.62. The number of aromatic nitrogens is 1. The number of nitrogens with zero attached hydrogens (tertiary/aromatic N) is 1. The number of aromatic carboxylic acids is 1. The van der Waals surface area contributed by atoms with Crippen molar-refractivity contribution in [2.24, 2.45) is 0 Å². The minimum absolute atomic E-state index is 0.158. The first-order chi connectivity index (χ1) is 9.34. The van der Waals surface area contributed by atoms with Crippen LogP contribution >= 0.6 is 0 Å². The SMILES string of the molecule is CCc1ccc(-c2noc(C(=O)O)c2C(F)(F)F)cc1. The Labute approximate surface area is 111 Å². The quantitative estimate of drug-likeness (QED) is 0.935. The van der Waals surface area contributed by atoms with E-state index in [0.717, 1.165) is 12.0 Å². The van der Waals surface area contributed by atoms with E-state index in [1.165, 1.54) is 12.1 Å². The Morgan fingerprint density at radius 3 is 2.35 bits per heavy atom. The van der Waals surface area contributed by atoms with Crippen LogP contribution in [0, 0.1) is 0 Å². The van der Waals surface area contributed by atoms with E-state index in [0.29, 0.717) is 0 Å². The lowest BCUT2D eigenvalue weighted by molar-refractivity contribution is -0.138. The van der Waals surface area contributed by atoms with Gasteiger partial charge in [-0.1, -0.05) is 36.3 Å². The zero-order valence-electron chi connectivity index (χ0n) is 10.4. The van der Waals surface area contributed by atoms with E-state index in [1.54, 1.807) is 12.1 Å². The number of carbonyl (C=O) groups is 1. The Morgan fingerprint density at radius 1 is 1.30 bits per heavy atom. The van der Waals surface area contributed by atoms with Crippen LogP contribution in [-0.4, -0.2) is 16.2 Å². The number of hydrogen-bond acceptors (Lipinski definition) is 3. The van der Waals surface area contributed by atoms with Gasteiger partial charge in [-0.05, 0) is 12.0 Å². The number of benzene rings is 1. The van der Waals surface area contributed by atoms with Crippen molar-refractivity contribution < 1.29 is 27.6 Å². The second-order valence-corrected chi connectivity index (χ2v) is 4.09. The van der Waals surface area contributed by atoms with Gasteiger partial charge in [0.2, 0.25) is 0 Å². The Bertz CT molecular complexity index is 629. The van der Waals surface area contributed by atoms with Gasteiger partial charge in [0.15, 0.2) is 0 Å². The Balaban J connectivity index is 2.59. The minimum Gasteiger partial charge on any atom is -0.475 e. The summed E-state index contributed by atoms with van der Waals surface area (Å²) in [6.07, 6.45) is -4.11. The number of alkyl halides is 3. The summed E-state index contributed by atoms with van der Waals surface area (Å²) >= 11 is 0. The van der Waals surface area contributed by atoms with Crippen LogP contribution in [0.1, 0.15) is 28.6 Å². The number of carboxylic acids is 1. The first-order valence-corrected chi connectivity index (χ1v) is 5.74. The van der Waals surface area contributed by atoms with Crippen molar-refractivity contribution in [3.8, 4) is 11.3 Å². The highest BCUT2D eigenvalue weighted by atomic mass is 19.4. The van der Waals surface area contributed by atoms with Gasteiger partial charge in [-0.25, -0.2) is 4.79 Å². The number of rotatable bonds is 3. The van der Waals surface area contributed by atoms with Crippen molar-refractivity contribution in [2.75, 3.05) is 0 Å². The molecule has 20 heavy (non-hydrogen) atoms. The van der Waals surface area contributed by atoms with E-state index < -0.39 is 29.2 Å². The molecule has 0 aliphatic rings. The van der Waals surface area contributed by atoms with Crippen LogP contribution in [0.2, 0.25) is 0 Å². The molecule has 0 fully saturated rings. The summed E-state index contributed by atoms with van der Waals surface area (Å²) in [7, 11) is 0. The summed E-state index contributed by atoms with van der Waals surface area (Å²) in [4.78, 5) is 10.8. The van der Waals surface area contributed by atoms with Gasteiger partial charge in [-0.15, -0.1) is 0 Å². The van der Waals surface area contributed by atoms with Gasteiger partial charge >= 0.3 is 12.1 Å². The largest absolute Gasteiger partial charge is 0.475 e. The van der Waals surface area contributed by atoms with Crippen molar-refractivity contribution in [2.45, 2.75) is 19.5 Å². The molecule has 4 nitrogen and oxygen atoms in total. The van der Waals surface area contributed by atoms with Crippen molar-refractivity contribution in [1.82, 2.24) is 5.16 Å². The Kier molecular flexibility index (Phi) is 3.52. The first kappa shape index (κ1) is 14.1. The smallest absolute Gasteiger partial charge is 0.422 e. The topological polar surface area (TPSA) is 63.3 Å². The lowest BCUT2D eigenvalue weighted by Crippen LogP contribution is -2.11. The maximum Gasteiger partial charge on any atom is 0.422 e. The fourth-order valence-electron chi connectivity index (χ4n) is 1.79. The standard InChI is InChI=1S/C13H10F3NO3/c1-2-7-3-5-8(6-4-7)10-9(13(14,15)16)11(12(18)19)20-17-10/h3-6H,2H2,1H3,(H,18,19). The predicted molar refractivity (Wildman–Crippen MR) is 63.3 cm³/mol. The summed E-state index contributed by atoms with van der Waals surface area (Å²) in [6, 6.07) is 6.23. The molecule has 0 aliphatic carbocycles. The van der Waals surface area contributed by atoms with Crippen LogP contribution in [0.15, 0.2) is 28.8 Å². The lowest BCUT2D eigenvalue weighted by Gasteiger charge is -2.07. The highest BCUT2D eigenvalue weighted by Crippen LogP contribution is 2.39. The van der Waals surface area contributed by atoms with Gasteiger partial charge in [0.25, 0.3) is 5.76 Å². The van der Waals surface area contributed by atoms with Gasteiger partial charge < -0.3 is 9.63 Å². The molecule has 0 radical (unpaired) electrons. The number of aryl methyl sites for hydroxylation is 1. The maximum atomic E-state index is 13.0. The average molecular weight is 285 g/mol. The van der Waals surface area contributed by atoms with Gasteiger partial charge in [0, 0.05) is 5.56 Å². The van der Waals surface area contributed by atoms with Crippen molar-refractivity contribution in [3.05, 3.63) is 41.2 Å². The fourth-order valence-corrected chi connectivity index (χ4v) is 1.79. The Hall–Kier alpha value is -2.31. The van der Waals surface area contributed by atoms with Crippen LogP contribution in [0.4, 0.5) is 13.2 Å². The molecule has 0 saturated carbocycles. The zero-order valence-corrected chi connectivity index (χ0v) is 10.4. The summed E-state index contributed by atoms with van der Waals surface area (Å²) in [5, 5.41) is 12.0. The van der Waals surface area contributed by atoms with Crippen LogP contribution in [0.3, 0.4) is 0 Å². The molecule has 0 bridgehead atoms. The summed E-state index contributed by atoms with van der Waals surface area (Å²) < 4.78 is 43.2. The molecule has 0 atom stereocenters. The van der Waals surface area contributed by atoms with Gasteiger partial charge in [-0.3, -0.25) is 0 Å². The van der Waals surface area contributed by atoms with Gasteiger partial charge in [0.1, 0.15) is 11.3 Å².